The van der Waals surface area contributed by atoms with E-state index in [2.05, 4.69) is 21.6 Å². The highest BCUT2D eigenvalue weighted by atomic mass is 16.5. The molecule has 2 aromatic carbocycles. The molecule has 0 radical (unpaired) electrons. The molecule has 3 aromatic rings. The smallest absolute Gasteiger partial charge is 0.272 e. The number of nitrogens with one attached hydrogen (secondary N) is 2. The lowest BCUT2D eigenvalue weighted by molar-refractivity contribution is 0.0950. The van der Waals surface area contributed by atoms with Gasteiger partial charge in [-0.2, -0.15) is 5.10 Å². The number of aryl methyl sites for hydroxylation is 2. The van der Waals surface area contributed by atoms with E-state index in [1.807, 2.05) is 44.2 Å². The molecular formula is C19H21N3O2. The van der Waals surface area contributed by atoms with Crippen LogP contribution in [0, 0.1) is 13.8 Å². The van der Waals surface area contributed by atoms with Crippen LogP contribution < -0.4 is 10.1 Å². The Kier molecular flexibility index (Phi) is 4.51. The van der Waals surface area contributed by atoms with Gasteiger partial charge in [0.25, 0.3) is 5.91 Å². The zero-order valence-electron chi connectivity index (χ0n) is 14.1. The van der Waals surface area contributed by atoms with E-state index in [0.717, 1.165) is 27.8 Å². The summed E-state index contributed by atoms with van der Waals surface area (Å²) in [5.74, 6) is 0.675. The molecule has 5 heteroatoms. The number of rotatable bonds is 5. The summed E-state index contributed by atoms with van der Waals surface area (Å²) in [6.07, 6.45) is 0.706. The van der Waals surface area contributed by atoms with Crippen molar-refractivity contribution < 1.29 is 9.53 Å². The van der Waals surface area contributed by atoms with E-state index in [1.165, 1.54) is 5.56 Å². The lowest BCUT2D eigenvalue weighted by Crippen LogP contribution is -2.26. The number of H-pyrrole nitrogens is 1. The number of methoxy groups -OCH3 is 1. The Morgan fingerprint density at radius 1 is 1.17 bits per heavy atom. The number of fused-ring (bicyclic) bond motifs is 1. The van der Waals surface area contributed by atoms with Gasteiger partial charge in [0, 0.05) is 11.9 Å². The van der Waals surface area contributed by atoms with E-state index < -0.39 is 0 Å². The number of nitrogens with zero attached hydrogens (tertiary/aromatic N) is 1. The van der Waals surface area contributed by atoms with Crippen molar-refractivity contribution in [2.75, 3.05) is 13.7 Å². The molecule has 0 bridgehead atoms. The molecule has 5 nitrogen and oxygen atoms in total. The van der Waals surface area contributed by atoms with Gasteiger partial charge in [-0.3, -0.25) is 9.89 Å². The van der Waals surface area contributed by atoms with Gasteiger partial charge in [-0.1, -0.05) is 29.3 Å². The van der Waals surface area contributed by atoms with Crippen LogP contribution in [0.15, 0.2) is 36.4 Å². The topological polar surface area (TPSA) is 67.0 Å². The van der Waals surface area contributed by atoms with Gasteiger partial charge in [0.05, 0.1) is 12.6 Å². The van der Waals surface area contributed by atoms with E-state index in [1.54, 1.807) is 7.11 Å². The SMILES string of the molecule is COc1ccc(C)cc1CCNC(=O)c1n[nH]c2ccc(C)cc12. The quantitative estimate of drug-likeness (QED) is 0.758. The van der Waals surface area contributed by atoms with E-state index in [4.69, 9.17) is 4.74 Å². The van der Waals surface area contributed by atoms with Crippen LogP contribution >= 0.6 is 0 Å². The Morgan fingerprint density at radius 2 is 1.92 bits per heavy atom. The second-order valence-corrected chi connectivity index (χ2v) is 5.94. The fraction of sp³-hybridized carbons (Fsp3) is 0.263. The van der Waals surface area contributed by atoms with Gasteiger partial charge >= 0.3 is 0 Å². The Labute approximate surface area is 141 Å². The van der Waals surface area contributed by atoms with Crippen LogP contribution in [0.2, 0.25) is 0 Å². The molecule has 2 N–H and O–H groups in total. The Morgan fingerprint density at radius 3 is 2.71 bits per heavy atom. The second-order valence-electron chi connectivity index (χ2n) is 5.94. The van der Waals surface area contributed by atoms with Gasteiger partial charge in [-0.05, 0) is 44.0 Å². The molecule has 0 aliphatic rings. The van der Waals surface area contributed by atoms with Crippen molar-refractivity contribution in [1.29, 1.82) is 0 Å². The first-order valence-corrected chi connectivity index (χ1v) is 7.95. The van der Waals surface area contributed by atoms with Crippen molar-refractivity contribution in [3.8, 4) is 5.75 Å². The molecule has 0 saturated heterocycles. The monoisotopic (exact) mass is 323 g/mol. The van der Waals surface area contributed by atoms with Crippen LogP contribution in [-0.4, -0.2) is 29.8 Å². The highest BCUT2D eigenvalue weighted by Crippen LogP contribution is 2.20. The summed E-state index contributed by atoms with van der Waals surface area (Å²) in [6.45, 7) is 4.57. The van der Waals surface area contributed by atoms with Crippen LogP contribution in [0.1, 0.15) is 27.2 Å². The number of ether oxygens (including phenoxy) is 1. The highest BCUT2D eigenvalue weighted by molar-refractivity contribution is 6.04. The average molecular weight is 323 g/mol. The minimum Gasteiger partial charge on any atom is -0.496 e. The van der Waals surface area contributed by atoms with E-state index in [9.17, 15) is 4.79 Å². The molecular weight excluding hydrogens is 302 g/mol. The second kappa shape index (κ2) is 6.74. The predicted molar refractivity (Wildman–Crippen MR) is 94.6 cm³/mol. The molecule has 124 valence electrons. The molecule has 0 aliphatic carbocycles. The molecule has 0 fully saturated rings. The lowest BCUT2D eigenvalue weighted by Gasteiger charge is -2.10. The maximum Gasteiger partial charge on any atom is 0.272 e. The molecule has 1 aromatic heterocycles. The minimum absolute atomic E-state index is 0.168. The first-order valence-electron chi connectivity index (χ1n) is 7.95. The summed E-state index contributed by atoms with van der Waals surface area (Å²) in [5, 5.41) is 10.8. The Hall–Kier alpha value is -2.82. The normalized spacial score (nSPS) is 10.8. The molecule has 0 spiro atoms. The van der Waals surface area contributed by atoms with Crippen molar-refractivity contribution in [3.05, 3.63) is 58.8 Å². The molecule has 0 aliphatic heterocycles. The van der Waals surface area contributed by atoms with Gasteiger partial charge in [0.2, 0.25) is 0 Å². The van der Waals surface area contributed by atoms with E-state index >= 15 is 0 Å². The van der Waals surface area contributed by atoms with Crippen LogP contribution in [-0.2, 0) is 6.42 Å². The molecule has 0 saturated carbocycles. The number of carbonyl (C=O) groups is 1. The van der Waals surface area contributed by atoms with Gasteiger partial charge in [0.1, 0.15) is 5.75 Å². The van der Waals surface area contributed by atoms with Gasteiger partial charge < -0.3 is 10.1 Å². The van der Waals surface area contributed by atoms with Gasteiger partial charge in [0.15, 0.2) is 5.69 Å². The summed E-state index contributed by atoms with van der Waals surface area (Å²) >= 11 is 0. The number of aromatic nitrogens is 2. The number of amides is 1. The Bertz CT molecular complexity index is 883. The predicted octanol–water partition coefficient (Wildman–Crippen LogP) is 3.16. The maximum atomic E-state index is 12.4. The van der Waals surface area contributed by atoms with Crippen molar-refractivity contribution in [2.45, 2.75) is 20.3 Å². The van der Waals surface area contributed by atoms with Crippen LogP contribution in [0.5, 0.6) is 5.75 Å². The van der Waals surface area contributed by atoms with E-state index in [0.29, 0.717) is 18.7 Å². The number of benzene rings is 2. The fourth-order valence-corrected chi connectivity index (χ4v) is 2.80. The Balaban J connectivity index is 1.69. The molecule has 24 heavy (non-hydrogen) atoms. The summed E-state index contributed by atoms with van der Waals surface area (Å²) in [7, 11) is 1.66. The highest BCUT2D eigenvalue weighted by Gasteiger charge is 2.14. The number of hydrogen-bond donors (Lipinski definition) is 2. The average Bonchev–Trinajstić information content (AvgIpc) is 2.98. The third-order valence-corrected chi connectivity index (χ3v) is 4.05. The third-order valence-electron chi connectivity index (χ3n) is 4.05. The van der Waals surface area contributed by atoms with E-state index in [-0.39, 0.29) is 5.91 Å². The molecule has 0 unspecified atom stereocenters. The molecule has 0 atom stereocenters. The summed E-state index contributed by atoms with van der Waals surface area (Å²) < 4.78 is 5.37. The lowest BCUT2D eigenvalue weighted by atomic mass is 10.1. The molecule has 3 rings (SSSR count). The van der Waals surface area contributed by atoms with Crippen LogP contribution in [0.3, 0.4) is 0 Å². The van der Waals surface area contributed by atoms with Crippen LogP contribution in [0.4, 0.5) is 0 Å². The largest absolute Gasteiger partial charge is 0.496 e. The summed E-state index contributed by atoms with van der Waals surface area (Å²) in [5.41, 5.74) is 4.66. The summed E-state index contributed by atoms with van der Waals surface area (Å²) in [4.78, 5) is 12.4. The minimum atomic E-state index is -0.168. The van der Waals surface area contributed by atoms with Crippen molar-refractivity contribution in [3.63, 3.8) is 0 Å². The molecule has 1 heterocycles. The molecule has 1 amide bonds. The van der Waals surface area contributed by atoms with Gasteiger partial charge in [-0.25, -0.2) is 0 Å². The van der Waals surface area contributed by atoms with Crippen molar-refractivity contribution in [1.82, 2.24) is 15.5 Å². The van der Waals surface area contributed by atoms with Crippen molar-refractivity contribution >= 4 is 16.8 Å². The van der Waals surface area contributed by atoms with Gasteiger partial charge in [-0.15, -0.1) is 0 Å². The van der Waals surface area contributed by atoms with Crippen LogP contribution in [0.25, 0.3) is 10.9 Å². The summed E-state index contributed by atoms with van der Waals surface area (Å²) in [6, 6.07) is 11.9. The number of hydrogen-bond acceptors (Lipinski definition) is 3. The fourth-order valence-electron chi connectivity index (χ4n) is 2.80. The zero-order valence-corrected chi connectivity index (χ0v) is 14.1. The number of carbonyl (C=O) groups excluding carboxylic acids is 1. The van der Waals surface area contributed by atoms with Crippen molar-refractivity contribution in [2.24, 2.45) is 0 Å². The zero-order chi connectivity index (χ0) is 17.1. The first kappa shape index (κ1) is 16.1. The standard InChI is InChI=1S/C19H21N3O2/c1-12-5-7-17(24-3)14(10-12)8-9-20-19(23)18-15-11-13(2)4-6-16(15)21-22-18/h4-7,10-11H,8-9H2,1-3H3,(H,20,23)(H,21,22). The maximum absolute atomic E-state index is 12.4. The third kappa shape index (κ3) is 3.25. The number of aromatic amines is 1. The first-order chi connectivity index (χ1) is 11.6.